The maximum absolute atomic E-state index is 11.9. The first kappa shape index (κ1) is 22.5. The zero-order valence-corrected chi connectivity index (χ0v) is 14.6. The summed E-state index contributed by atoms with van der Waals surface area (Å²) in [6.45, 7) is 4.97. The Bertz CT molecular complexity index is 277. The van der Waals surface area contributed by atoms with Crippen molar-refractivity contribution in [1.82, 2.24) is 20.4 Å². The van der Waals surface area contributed by atoms with Crippen LogP contribution in [0.25, 0.3) is 0 Å². The van der Waals surface area contributed by atoms with Crippen molar-refractivity contribution in [2.45, 2.75) is 24.9 Å². The molecule has 0 aromatic rings. The summed E-state index contributed by atoms with van der Waals surface area (Å²) in [6, 6.07) is 0.487. The minimum atomic E-state index is 0. The van der Waals surface area contributed by atoms with E-state index in [0.717, 1.165) is 45.6 Å². The summed E-state index contributed by atoms with van der Waals surface area (Å²) in [5.74, 6) is 0.170. The first-order valence-corrected chi connectivity index (χ1v) is 6.56. The summed E-state index contributed by atoms with van der Waals surface area (Å²) in [6.07, 6.45) is 2.09. The SMILES string of the molecule is CN1CCN(C)C(CNC(=O)[C@@H]2CCCN2)C1.Cl.Cl.Cl. The number of piperazine rings is 1. The zero-order chi connectivity index (χ0) is 12.3. The van der Waals surface area contributed by atoms with Crippen LogP contribution in [-0.4, -0.2) is 74.6 Å². The molecule has 20 heavy (non-hydrogen) atoms. The van der Waals surface area contributed by atoms with Gasteiger partial charge in [-0.05, 0) is 33.5 Å². The highest BCUT2D eigenvalue weighted by atomic mass is 35.5. The van der Waals surface area contributed by atoms with Gasteiger partial charge in [-0.25, -0.2) is 0 Å². The van der Waals surface area contributed by atoms with E-state index in [-0.39, 0.29) is 49.2 Å². The Balaban J connectivity index is 0. The Labute approximate surface area is 140 Å². The third kappa shape index (κ3) is 6.33. The Morgan fingerprint density at radius 1 is 1.25 bits per heavy atom. The lowest BCUT2D eigenvalue weighted by Gasteiger charge is -2.37. The highest BCUT2D eigenvalue weighted by molar-refractivity contribution is 5.86. The standard InChI is InChI=1S/C12H24N4O.3ClH/c1-15-6-7-16(2)10(9-15)8-14-12(17)11-4-3-5-13-11;;;/h10-11,13H,3-9H2,1-2H3,(H,14,17);3*1H/t10?,11-;;;/m0.../s1. The van der Waals surface area contributed by atoms with Crippen molar-refractivity contribution < 1.29 is 4.79 Å². The van der Waals surface area contributed by atoms with Gasteiger partial charge in [-0.15, -0.1) is 37.2 Å². The number of nitrogens with one attached hydrogen (secondary N) is 2. The lowest BCUT2D eigenvalue weighted by molar-refractivity contribution is -0.123. The molecule has 0 bridgehead atoms. The van der Waals surface area contributed by atoms with Crippen LogP contribution >= 0.6 is 37.2 Å². The molecule has 2 fully saturated rings. The first-order valence-electron chi connectivity index (χ1n) is 6.56. The second-order valence-corrected chi connectivity index (χ2v) is 5.29. The average molecular weight is 350 g/mol. The molecule has 0 spiro atoms. The summed E-state index contributed by atoms with van der Waals surface area (Å²) in [7, 11) is 4.28. The van der Waals surface area contributed by atoms with Gasteiger partial charge in [0.25, 0.3) is 0 Å². The van der Waals surface area contributed by atoms with Crippen LogP contribution in [-0.2, 0) is 4.79 Å². The molecule has 2 heterocycles. The van der Waals surface area contributed by atoms with Crippen LogP contribution in [0.15, 0.2) is 0 Å². The molecular formula is C12H27Cl3N4O. The highest BCUT2D eigenvalue weighted by Crippen LogP contribution is 2.07. The molecule has 8 heteroatoms. The van der Waals surface area contributed by atoms with Crippen LogP contribution in [0.3, 0.4) is 0 Å². The van der Waals surface area contributed by atoms with E-state index in [4.69, 9.17) is 0 Å². The topological polar surface area (TPSA) is 47.6 Å². The molecule has 2 aliphatic heterocycles. The minimum Gasteiger partial charge on any atom is -0.353 e. The van der Waals surface area contributed by atoms with Gasteiger partial charge in [-0.1, -0.05) is 0 Å². The van der Waals surface area contributed by atoms with E-state index < -0.39 is 0 Å². The lowest BCUT2D eigenvalue weighted by atomic mass is 10.1. The second-order valence-electron chi connectivity index (χ2n) is 5.29. The summed E-state index contributed by atoms with van der Waals surface area (Å²) in [4.78, 5) is 16.5. The molecule has 0 aliphatic carbocycles. The molecule has 1 unspecified atom stereocenters. The molecular weight excluding hydrogens is 323 g/mol. The van der Waals surface area contributed by atoms with Gasteiger partial charge in [0.2, 0.25) is 5.91 Å². The quantitative estimate of drug-likeness (QED) is 0.773. The van der Waals surface area contributed by atoms with Crippen LogP contribution in [0.5, 0.6) is 0 Å². The van der Waals surface area contributed by atoms with Crippen LogP contribution in [0.4, 0.5) is 0 Å². The van der Waals surface area contributed by atoms with Gasteiger partial charge in [-0.2, -0.15) is 0 Å². The number of hydrogen-bond donors (Lipinski definition) is 2. The fraction of sp³-hybridized carbons (Fsp3) is 0.917. The van der Waals surface area contributed by atoms with Crippen LogP contribution in [0.2, 0.25) is 0 Å². The lowest BCUT2D eigenvalue weighted by Crippen LogP contribution is -2.55. The monoisotopic (exact) mass is 348 g/mol. The number of nitrogens with zero attached hydrogens (tertiary/aromatic N) is 2. The number of hydrogen-bond acceptors (Lipinski definition) is 4. The Kier molecular flexibility index (Phi) is 12.2. The third-order valence-electron chi connectivity index (χ3n) is 3.87. The van der Waals surface area contributed by atoms with Gasteiger partial charge >= 0.3 is 0 Å². The predicted octanol–water partition coefficient (Wildman–Crippen LogP) is 0.366. The van der Waals surface area contributed by atoms with Crippen LogP contribution < -0.4 is 10.6 Å². The van der Waals surface area contributed by atoms with E-state index in [1.54, 1.807) is 0 Å². The summed E-state index contributed by atoms with van der Waals surface area (Å²) >= 11 is 0. The van der Waals surface area contributed by atoms with Gasteiger partial charge in [0.05, 0.1) is 6.04 Å². The molecule has 0 aromatic carbocycles. The number of likely N-dealkylation sites (N-methyl/N-ethyl adjacent to an activating group) is 2. The highest BCUT2D eigenvalue weighted by Gasteiger charge is 2.25. The van der Waals surface area contributed by atoms with Crippen molar-refractivity contribution in [3.05, 3.63) is 0 Å². The van der Waals surface area contributed by atoms with Crippen molar-refractivity contribution in [1.29, 1.82) is 0 Å². The number of amides is 1. The maximum atomic E-state index is 11.9. The van der Waals surface area contributed by atoms with Gasteiger partial charge in [0.1, 0.15) is 0 Å². The summed E-state index contributed by atoms with van der Waals surface area (Å²) < 4.78 is 0. The molecule has 122 valence electrons. The molecule has 2 atom stereocenters. The third-order valence-corrected chi connectivity index (χ3v) is 3.87. The normalized spacial score (nSPS) is 26.9. The molecule has 2 aliphatic rings. The van der Waals surface area contributed by atoms with Crippen molar-refractivity contribution in [3.63, 3.8) is 0 Å². The van der Waals surface area contributed by atoms with Crippen molar-refractivity contribution >= 4 is 43.1 Å². The van der Waals surface area contributed by atoms with E-state index in [0.29, 0.717) is 6.04 Å². The maximum Gasteiger partial charge on any atom is 0.237 e. The first-order chi connectivity index (χ1) is 8.16. The van der Waals surface area contributed by atoms with Crippen molar-refractivity contribution in [2.24, 2.45) is 0 Å². The summed E-state index contributed by atoms with van der Waals surface area (Å²) in [5.41, 5.74) is 0. The minimum absolute atomic E-state index is 0. The molecule has 2 rings (SSSR count). The van der Waals surface area contributed by atoms with Gasteiger partial charge < -0.3 is 15.5 Å². The molecule has 0 saturated carbocycles. The molecule has 2 N–H and O–H groups in total. The van der Waals surface area contributed by atoms with E-state index >= 15 is 0 Å². The molecule has 0 aromatic heterocycles. The number of halogens is 3. The number of carbonyl (C=O) groups is 1. The van der Waals surface area contributed by atoms with E-state index in [9.17, 15) is 4.79 Å². The molecule has 1 amide bonds. The van der Waals surface area contributed by atoms with E-state index in [1.807, 2.05) is 0 Å². The molecule has 5 nitrogen and oxygen atoms in total. The van der Waals surface area contributed by atoms with E-state index in [1.165, 1.54) is 0 Å². The summed E-state index contributed by atoms with van der Waals surface area (Å²) in [5, 5.41) is 6.30. The predicted molar refractivity (Wildman–Crippen MR) is 89.7 cm³/mol. The van der Waals surface area contributed by atoms with Gasteiger partial charge in [0.15, 0.2) is 0 Å². The number of carbonyl (C=O) groups excluding carboxylic acids is 1. The van der Waals surface area contributed by atoms with Gasteiger partial charge in [0, 0.05) is 32.2 Å². The molecule has 2 saturated heterocycles. The fourth-order valence-electron chi connectivity index (χ4n) is 2.57. The molecule has 0 radical (unpaired) electrons. The van der Waals surface area contributed by atoms with Crippen molar-refractivity contribution in [3.8, 4) is 0 Å². The Morgan fingerprint density at radius 2 is 1.95 bits per heavy atom. The van der Waals surface area contributed by atoms with Crippen LogP contribution in [0, 0.1) is 0 Å². The second kappa shape index (κ2) is 10.9. The van der Waals surface area contributed by atoms with Gasteiger partial charge in [-0.3, -0.25) is 9.69 Å². The van der Waals surface area contributed by atoms with E-state index in [2.05, 4.69) is 34.5 Å². The Hall–Kier alpha value is 0.220. The average Bonchev–Trinajstić information content (AvgIpc) is 2.83. The largest absolute Gasteiger partial charge is 0.353 e. The van der Waals surface area contributed by atoms with Crippen molar-refractivity contribution in [2.75, 3.05) is 46.8 Å². The van der Waals surface area contributed by atoms with Crippen LogP contribution in [0.1, 0.15) is 12.8 Å². The Morgan fingerprint density at radius 3 is 2.55 bits per heavy atom. The number of rotatable bonds is 3. The smallest absolute Gasteiger partial charge is 0.237 e. The fourth-order valence-corrected chi connectivity index (χ4v) is 2.57. The zero-order valence-electron chi connectivity index (χ0n) is 12.1.